The fourth-order valence-corrected chi connectivity index (χ4v) is 3.44. The van der Waals surface area contributed by atoms with Gasteiger partial charge < -0.3 is 10.5 Å². The SMILES string of the molecule is CCCN(Cc1ccc(N)cc1)S(=O)(=O)C(C)C(=O)OC. The van der Waals surface area contributed by atoms with E-state index in [4.69, 9.17) is 5.73 Å². The largest absolute Gasteiger partial charge is 0.468 e. The molecule has 0 bridgehead atoms. The molecule has 0 aliphatic rings. The first-order chi connectivity index (χ1) is 9.82. The molecule has 1 atom stereocenters. The third-order valence-corrected chi connectivity index (χ3v) is 5.27. The lowest BCUT2D eigenvalue weighted by Crippen LogP contribution is -2.41. The molecule has 0 radical (unpaired) electrons. The molecule has 0 aliphatic heterocycles. The number of sulfonamides is 1. The number of nitrogens with two attached hydrogens (primary N) is 1. The number of hydrogen-bond donors (Lipinski definition) is 1. The van der Waals surface area contributed by atoms with Gasteiger partial charge in [0.05, 0.1) is 7.11 Å². The molecular weight excluding hydrogens is 292 g/mol. The van der Waals surface area contributed by atoms with Gasteiger partial charge in [0, 0.05) is 18.8 Å². The standard InChI is InChI=1S/C14H22N2O4S/c1-4-9-16(10-12-5-7-13(15)8-6-12)21(18,19)11(2)14(17)20-3/h5-8,11H,4,9-10,15H2,1-3H3. The van der Waals surface area contributed by atoms with Gasteiger partial charge in [0.2, 0.25) is 10.0 Å². The number of esters is 1. The molecule has 0 amide bonds. The van der Waals surface area contributed by atoms with Crippen LogP contribution in [0.5, 0.6) is 0 Å². The first-order valence-corrected chi connectivity index (χ1v) is 8.24. The van der Waals surface area contributed by atoms with Crippen LogP contribution in [0.1, 0.15) is 25.8 Å². The molecule has 7 heteroatoms. The number of anilines is 1. The zero-order chi connectivity index (χ0) is 16.0. The molecular formula is C14H22N2O4S. The molecule has 0 aromatic heterocycles. The van der Waals surface area contributed by atoms with Crippen molar-refractivity contribution >= 4 is 21.7 Å². The van der Waals surface area contributed by atoms with Crippen LogP contribution in [0.15, 0.2) is 24.3 Å². The summed E-state index contributed by atoms with van der Waals surface area (Å²) in [6, 6.07) is 6.98. The molecule has 118 valence electrons. The summed E-state index contributed by atoms with van der Waals surface area (Å²) in [4.78, 5) is 11.5. The predicted octanol–water partition coefficient (Wildman–Crippen LogP) is 1.37. The summed E-state index contributed by atoms with van der Waals surface area (Å²) in [5.41, 5.74) is 7.05. The van der Waals surface area contributed by atoms with E-state index < -0.39 is 21.2 Å². The number of benzene rings is 1. The number of ether oxygens (including phenoxy) is 1. The number of nitrogen functional groups attached to an aromatic ring is 1. The molecule has 1 unspecified atom stereocenters. The number of rotatable bonds is 7. The van der Waals surface area contributed by atoms with Gasteiger partial charge in [0.1, 0.15) is 0 Å². The van der Waals surface area contributed by atoms with Gasteiger partial charge in [-0.15, -0.1) is 0 Å². The highest BCUT2D eigenvalue weighted by Crippen LogP contribution is 2.16. The lowest BCUT2D eigenvalue weighted by molar-refractivity contribution is -0.139. The normalized spacial score (nSPS) is 13.1. The van der Waals surface area contributed by atoms with Gasteiger partial charge in [-0.2, -0.15) is 4.31 Å². The highest BCUT2D eigenvalue weighted by Gasteiger charge is 2.34. The number of carbonyl (C=O) groups is 1. The smallest absolute Gasteiger partial charge is 0.325 e. The maximum atomic E-state index is 12.5. The van der Waals surface area contributed by atoms with Crippen molar-refractivity contribution in [2.45, 2.75) is 32.1 Å². The maximum absolute atomic E-state index is 12.5. The average molecular weight is 314 g/mol. The second-order valence-corrected chi connectivity index (χ2v) is 7.04. The molecule has 0 saturated carbocycles. The van der Waals surface area contributed by atoms with Crippen molar-refractivity contribution in [3.8, 4) is 0 Å². The van der Waals surface area contributed by atoms with Gasteiger partial charge in [0.15, 0.2) is 5.25 Å². The maximum Gasteiger partial charge on any atom is 0.325 e. The van der Waals surface area contributed by atoms with Crippen LogP contribution < -0.4 is 5.73 Å². The Kier molecular flexibility index (Phi) is 6.17. The van der Waals surface area contributed by atoms with Gasteiger partial charge in [-0.05, 0) is 31.0 Å². The molecule has 1 aromatic rings. The summed E-state index contributed by atoms with van der Waals surface area (Å²) in [5, 5.41) is -1.22. The van der Waals surface area contributed by atoms with Gasteiger partial charge in [-0.3, -0.25) is 4.79 Å². The van der Waals surface area contributed by atoms with E-state index in [9.17, 15) is 13.2 Å². The Morgan fingerprint density at radius 2 is 1.90 bits per heavy atom. The van der Waals surface area contributed by atoms with E-state index in [0.717, 1.165) is 5.56 Å². The molecule has 1 rings (SSSR count). The minimum Gasteiger partial charge on any atom is -0.468 e. The van der Waals surface area contributed by atoms with E-state index in [1.165, 1.54) is 18.3 Å². The molecule has 0 aliphatic carbocycles. The second kappa shape index (κ2) is 7.42. The number of nitrogens with zero attached hydrogens (tertiary/aromatic N) is 1. The number of carbonyl (C=O) groups excluding carboxylic acids is 1. The minimum absolute atomic E-state index is 0.206. The number of methoxy groups -OCH3 is 1. The Morgan fingerprint density at radius 3 is 2.38 bits per heavy atom. The summed E-state index contributed by atoms with van der Waals surface area (Å²) >= 11 is 0. The van der Waals surface area contributed by atoms with Crippen molar-refractivity contribution in [2.24, 2.45) is 0 Å². The van der Waals surface area contributed by atoms with E-state index in [2.05, 4.69) is 4.74 Å². The summed E-state index contributed by atoms with van der Waals surface area (Å²) < 4.78 is 30.8. The fourth-order valence-electron chi connectivity index (χ4n) is 1.88. The molecule has 1 aromatic carbocycles. The quantitative estimate of drug-likeness (QED) is 0.606. The van der Waals surface area contributed by atoms with Crippen LogP contribution >= 0.6 is 0 Å². The third kappa shape index (κ3) is 4.44. The topological polar surface area (TPSA) is 89.7 Å². The molecule has 0 heterocycles. The molecule has 6 nitrogen and oxygen atoms in total. The second-order valence-electron chi connectivity index (χ2n) is 4.79. The summed E-state index contributed by atoms with van der Waals surface area (Å²) in [7, 11) is -2.58. The van der Waals surface area contributed by atoms with Gasteiger partial charge >= 0.3 is 5.97 Å². The Bertz CT molecular complexity index is 569. The van der Waals surface area contributed by atoms with Crippen molar-refractivity contribution in [1.29, 1.82) is 0 Å². The van der Waals surface area contributed by atoms with Crippen molar-refractivity contribution in [1.82, 2.24) is 4.31 Å². The Balaban J connectivity index is 2.99. The van der Waals surface area contributed by atoms with E-state index in [-0.39, 0.29) is 6.54 Å². The van der Waals surface area contributed by atoms with Crippen LogP contribution in [0.2, 0.25) is 0 Å². The fraction of sp³-hybridized carbons (Fsp3) is 0.500. The van der Waals surface area contributed by atoms with Crippen LogP contribution in [-0.2, 0) is 26.1 Å². The highest BCUT2D eigenvalue weighted by molar-refractivity contribution is 7.90. The summed E-state index contributed by atoms with van der Waals surface area (Å²) in [5.74, 6) is -0.756. The van der Waals surface area contributed by atoms with E-state index >= 15 is 0 Å². The van der Waals surface area contributed by atoms with Crippen LogP contribution in [0, 0.1) is 0 Å². The van der Waals surface area contributed by atoms with Crippen molar-refractivity contribution in [3.63, 3.8) is 0 Å². The third-order valence-electron chi connectivity index (χ3n) is 3.15. The lowest BCUT2D eigenvalue weighted by Gasteiger charge is -2.24. The Hall–Kier alpha value is -1.60. The predicted molar refractivity (Wildman–Crippen MR) is 82.0 cm³/mol. The van der Waals surface area contributed by atoms with Crippen molar-refractivity contribution < 1.29 is 17.9 Å². The molecule has 0 saturated heterocycles. The summed E-state index contributed by atoms with van der Waals surface area (Å²) in [6.45, 7) is 3.77. The average Bonchev–Trinajstić information content (AvgIpc) is 2.47. The van der Waals surface area contributed by atoms with E-state index in [1.807, 2.05) is 6.92 Å². The van der Waals surface area contributed by atoms with Crippen LogP contribution in [0.25, 0.3) is 0 Å². The van der Waals surface area contributed by atoms with Gasteiger partial charge in [0.25, 0.3) is 0 Å². The van der Waals surface area contributed by atoms with E-state index in [0.29, 0.717) is 18.7 Å². The molecule has 0 fully saturated rings. The van der Waals surface area contributed by atoms with E-state index in [1.54, 1.807) is 24.3 Å². The van der Waals surface area contributed by atoms with Crippen molar-refractivity contribution in [2.75, 3.05) is 19.4 Å². The first-order valence-electron chi connectivity index (χ1n) is 6.74. The monoisotopic (exact) mass is 314 g/mol. The Labute approximate surface area is 125 Å². The summed E-state index contributed by atoms with van der Waals surface area (Å²) in [6.07, 6.45) is 0.655. The van der Waals surface area contributed by atoms with Crippen LogP contribution in [-0.4, -0.2) is 37.6 Å². The highest BCUT2D eigenvalue weighted by atomic mass is 32.2. The van der Waals surface area contributed by atoms with Crippen LogP contribution in [0.3, 0.4) is 0 Å². The zero-order valence-electron chi connectivity index (χ0n) is 12.6. The first kappa shape index (κ1) is 17.5. The lowest BCUT2D eigenvalue weighted by atomic mass is 10.2. The molecule has 21 heavy (non-hydrogen) atoms. The van der Waals surface area contributed by atoms with Gasteiger partial charge in [-0.1, -0.05) is 19.1 Å². The zero-order valence-corrected chi connectivity index (χ0v) is 13.4. The van der Waals surface area contributed by atoms with Crippen molar-refractivity contribution in [3.05, 3.63) is 29.8 Å². The molecule has 2 N–H and O–H groups in total. The van der Waals surface area contributed by atoms with Crippen LogP contribution in [0.4, 0.5) is 5.69 Å². The minimum atomic E-state index is -3.76. The number of hydrogen-bond acceptors (Lipinski definition) is 5. The molecule has 0 spiro atoms. The van der Waals surface area contributed by atoms with Gasteiger partial charge in [-0.25, -0.2) is 8.42 Å². The Morgan fingerprint density at radius 1 is 1.33 bits per heavy atom.